The minimum atomic E-state index is -0.418. The van der Waals surface area contributed by atoms with Crippen LogP contribution in [0.1, 0.15) is 32.8 Å². The number of para-hydroxylation sites is 1. The lowest BCUT2D eigenvalue weighted by Crippen LogP contribution is -2.47. The summed E-state index contributed by atoms with van der Waals surface area (Å²) in [6.07, 6.45) is 1.52. The highest BCUT2D eigenvalue weighted by Gasteiger charge is 2.36. The predicted molar refractivity (Wildman–Crippen MR) is 92.5 cm³/mol. The molecule has 0 fully saturated rings. The third kappa shape index (κ3) is 4.10. The molecular formula is C18H27N3O2. The Kier molecular flexibility index (Phi) is 6.16. The molecule has 1 aromatic rings. The molecule has 1 N–H and O–H groups in total. The molecule has 0 spiro atoms. The summed E-state index contributed by atoms with van der Waals surface area (Å²) in [6, 6.07) is 7.32. The van der Waals surface area contributed by atoms with Gasteiger partial charge in [-0.3, -0.25) is 14.5 Å². The molecule has 2 rings (SSSR count). The molecule has 0 aliphatic carbocycles. The zero-order chi connectivity index (χ0) is 16.8. The lowest BCUT2D eigenvalue weighted by atomic mass is 10.1. The molecule has 1 aromatic carbocycles. The fraction of sp³-hybridized carbons (Fsp3) is 0.556. The van der Waals surface area contributed by atoms with Gasteiger partial charge in [0.05, 0.1) is 0 Å². The van der Waals surface area contributed by atoms with Crippen molar-refractivity contribution in [2.45, 2.75) is 39.7 Å². The van der Waals surface area contributed by atoms with Gasteiger partial charge in [0, 0.05) is 25.6 Å². The zero-order valence-electron chi connectivity index (χ0n) is 14.3. The van der Waals surface area contributed by atoms with E-state index in [0.717, 1.165) is 37.3 Å². The van der Waals surface area contributed by atoms with Gasteiger partial charge >= 0.3 is 0 Å². The maximum Gasteiger partial charge on any atom is 0.243 e. The number of amides is 2. The second-order valence-electron chi connectivity index (χ2n) is 5.91. The van der Waals surface area contributed by atoms with E-state index in [2.05, 4.69) is 24.1 Å². The fourth-order valence-electron chi connectivity index (χ4n) is 3.16. The van der Waals surface area contributed by atoms with Crippen molar-refractivity contribution in [3.8, 4) is 0 Å². The number of rotatable bonds is 7. The molecule has 1 aliphatic heterocycles. The number of fused-ring (bicyclic) bond motifs is 1. The van der Waals surface area contributed by atoms with Crippen molar-refractivity contribution in [2.75, 3.05) is 31.1 Å². The minimum absolute atomic E-state index is 0.0593. The zero-order valence-corrected chi connectivity index (χ0v) is 14.3. The van der Waals surface area contributed by atoms with Crippen molar-refractivity contribution in [2.24, 2.45) is 0 Å². The van der Waals surface area contributed by atoms with Gasteiger partial charge in [0.1, 0.15) is 6.04 Å². The van der Waals surface area contributed by atoms with E-state index in [9.17, 15) is 9.59 Å². The minimum Gasteiger partial charge on any atom is -0.354 e. The Morgan fingerprint density at radius 2 is 1.96 bits per heavy atom. The smallest absolute Gasteiger partial charge is 0.243 e. The van der Waals surface area contributed by atoms with Crippen LogP contribution < -0.4 is 10.2 Å². The van der Waals surface area contributed by atoms with Crippen molar-refractivity contribution in [1.29, 1.82) is 0 Å². The third-order valence-corrected chi connectivity index (χ3v) is 4.46. The normalized spacial score (nSPS) is 16.5. The number of carbonyl (C=O) groups is 2. The third-order valence-electron chi connectivity index (χ3n) is 4.46. The van der Waals surface area contributed by atoms with Crippen molar-refractivity contribution in [1.82, 2.24) is 10.2 Å². The van der Waals surface area contributed by atoms with E-state index in [1.807, 2.05) is 24.3 Å². The number of anilines is 1. The Hall–Kier alpha value is -1.88. The summed E-state index contributed by atoms with van der Waals surface area (Å²) in [6.45, 7) is 9.48. The fourth-order valence-corrected chi connectivity index (χ4v) is 3.16. The molecule has 2 amide bonds. The largest absolute Gasteiger partial charge is 0.354 e. The second-order valence-corrected chi connectivity index (χ2v) is 5.91. The molecule has 0 saturated carbocycles. The van der Waals surface area contributed by atoms with Crippen LogP contribution in [-0.4, -0.2) is 48.9 Å². The molecule has 23 heavy (non-hydrogen) atoms. The maximum atomic E-state index is 12.5. The summed E-state index contributed by atoms with van der Waals surface area (Å²) < 4.78 is 0. The van der Waals surface area contributed by atoms with Crippen LogP contribution in [0.3, 0.4) is 0 Å². The summed E-state index contributed by atoms with van der Waals surface area (Å²) in [4.78, 5) is 28.4. The van der Waals surface area contributed by atoms with E-state index in [1.54, 1.807) is 4.90 Å². The number of hydrogen-bond acceptors (Lipinski definition) is 3. The van der Waals surface area contributed by atoms with E-state index < -0.39 is 6.04 Å². The molecule has 1 unspecified atom stereocenters. The summed E-state index contributed by atoms with van der Waals surface area (Å²) in [5, 5.41) is 2.99. The molecule has 0 radical (unpaired) electrons. The molecule has 5 nitrogen and oxygen atoms in total. The number of carbonyl (C=O) groups excluding carboxylic acids is 2. The van der Waals surface area contributed by atoms with Crippen LogP contribution in [0, 0.1) is 0 Å². The van der Waals surface area contributed by atoms with E-state index in [0.29, 0.717) is 13.0 Å². The van der Waals surface area contributed by atoms with Gasteiger partial charge in [-0.25, -0.2) is 0 Å². The van der Waals surface area contributed by atoms with Gasteiger partial charge in [-0.2, -0.15) is 0 Å². The molecule has 0 saturated heterocycles. The van der Waals surface area contributed by atoms with Crippen LogP contribution >= 0.6 is 0 Å². The van der Waals surface area contributed by atoms with Crippen LogP contribution in [0.5, 0.6) is 0 Å². The Labute approximate surface area is 138 Å². The lowest BCUT2D eigenvalue weighted by Gasteiger charge is -2.24. The molecule has 126 valence electrons. The molecule has 0 aromatic heterocycles. The summed E-state index contributed by atoms with van der Waals surface area (Å²) >= 11 is 0. The highest BCUT2D eigenvalue weighted by atomic mass is 16.2. The van der Waals surface area contributed by atoms with Crippen LogP contribution in [0.4, 0.5) is 5.69 Å². The van der Waals surface area contributed by atoms with Gasteiger partial charge < -0.3 is 10.2 Å². The highest BCUT2D eigenvalue weighted by Crippen LogP contribution is 2.32. The maximum absolute atomic E-state index is 12.5. The quantitative estimate of drug-likeness (QED) is 0.781. The number of nitrogens with one attached hydrogen (secondary N) is 1. The first-order chi connectivity index (χ1) is 11.1. The first kappa shape index (κ1) is 17.5. The highest BCUT2D eigenvalue weighted by molar-refractivity contribution is 6.02. The molecule has 1 atom stereocenters. The van der Waals surface area contributed by atoms with Gasteiger partial charge in [0.25, 0.3) is 0 Å². The number of nitrogens with zero attached hydrogens (tertiary/aromatic N) is 2. The van der Waals surface area contributed by atoms with E-state index in [-0.39, 0.29) is 11.8 Å². The molecule has 1 aliphatic rings. The van der Waals surface area contributed by atoms with Gasteiger partial charge in [0.15, 0.2) is 0 Å². The van der Waals surface area contributed by atoms with Gasteiger partial charge in [-0.05, 0) is 37.7 Å². The van der Waals surface area contributed by atoms with E-state index in [4.69, 9.17) is 0 Å². The molecular weight excluding hydrogens is 290 g/mol. The van der Waals surface area contributed by atoms with Crippen LogP contribution in [0.15, 0.2) is 24.3 Å². The SMILES string of the molecule is CCN(CC)CCCNC(=O)C1Cc2ccccc2N1C(C)=O. The van der Waals surface area contributed by atoms with Crippen molar-refractivity contribution >= 4 is 17.5 Å². The van der Waals surface area contributed by atoms with Crippen molar-refractivity contribution in [3.05, 3.63) is 29.8 Å². The lowest BCUT2D eigenvalue weighted by molar-refractivity contribution is -0.125. The average molecular weight is 317 g/mol. The van der Waals surface area contributed by atoms with Crippen LogP contribution in [-0.2, 0) is 16.0 Å². The first-order valence-corrected chi connectivity index (χ1v) is 8.46. The first-order valence-electron chi connectivity index (χ1n) is 8.46. The van der Waals surface area contributed by atoms with Gasteiger partial charge in [-0.1, -0.05) is 32.0 Å². The predicted octanol–water partition coefficient (Wildman–Crippen LogP) is 1.81. The van der Waals surface area contributed by atoms with Crippen LogP contribution in [0.2, 0.25) is 0 Å². The molecule has 1 heterocycles. The molecule has 0 bridgehead atoms. The standard InChI is InChI=1S/C18H27N3O2/c1-4-20(5-2)12-8-11-19-18(23)17-13-15-9-6-7-10-16(15)21(17)14(3)22/h6-7,9-10,17H,4-5,8,11-13H2,1-3H3,(H,19,23). The van der Waals surface area contributed by atoms with Crippen molar-refractivity contribution in [3.63, 3.8) is 0 Å². The van der Waals surface area contributed by atoms with E-state index in [1.165, 1.54) is 6.92 Å². The summed E-state index contributed by atoms with van der Waals surface area (Å²) in [7, 11) is 0. The van der Waals surface area contributed by atoms with Gasteiger partial charge in [0.2, 0.25) is 11.8 Å². The van der Waals surface area contributed by atoms with Crippen molar-refractivity contribution < 1.29 is 9.59 Å². The Morgan fingerprint density at radius 3 is 2.61 bits per heavy atom. The summed E-state index contributed by atoms with van der Waals surface area (Å²) in [5.74, 6) is -0.144. The second kappa shape index (κ2) is 8.11. The van der Waals surface area contributed by atoms with E-state index >= 15 is 0 Å². The summed E-state index contributed by atoms with van der Waals surface area (Å²) in [5.41, 5.74) is 1.93. The number of benzene rings is 1. The average Bonchev–Trinajstić information content (AvgIpc) is 2.94. The Balaban J connectivity index is 1.91. The van der Waals surface area contributed by atoms with Crippen LogP contribution in [0.25, 0.3) is 0 Å². The molecule has 5 heteroatoms. The monoisotopic (exact) mass is 317 g/mol. The van der Waals surface area contributed by atoms with Gasteiger partial charge in [-0.15, -0.1) is 0 Å². The Bertz CT molecular complexity index is 555. The topological polar surface area (TPSA) is 52.7 Å². The Morgan fingerprint density at radius 1 is 1.26 bits per heavy atom. The number of hydrogen-bond donors (Lipinski definition) is 1.